The molecule has 0 heterocycles. The molecule has 3 nitrogen and oxygen atoms in total. The van der Waals surface area contributed by atoms with Crippen molar-refractivity contribution in [1.82, 2.24) is 0 Å². The summed E-state index contributed by atoms with van der Waals surface area (Å²) in [5.74, 6) is 4.68. The molecular weight excluding hydrogens is 492 g/mol. The predicted molar refractivity (Wildman–Crippen MR) is 166 cm³/mol. The number of unbranched alkanes of at least 4 members (excludes halogenated alkanes) is 2. The number of carbonyl (C=O) groups is 1. The van der Waals surface area contributed by atoms with Crippen molar-refractivity contribution < 1.29 is 14.6 Å². The predicted octanol–water partition coefficient (Wildman–Crippen LogP) is 9.74. The van der Waals surface area contributed by atoms with E-state index in [9.17, 15) is 9.90 Å². The number of aliphatic hydroxyl groups is 1. The second-order valence-corrected chi connectivity index (χ2v) is 13.9. The molecule has 0 aliphatic heterocycles. The third kappa shape index (κ3) is 9.20. The van der Waals surface area contributed by atoms with E-state index in [0.717, 1.165) is 36.0 Å². The summed E-state index contributed by atoms with van der Waals surface area (Å²) in [5.41, 5.74) is 3.61. The Morgan fingerprint density at radius 2 is 1.32 bits per heavy atom. The van der Waals surface area contributed by atoms with Crippen LogP contribution < -0.4 is 0 Å². The number of rotatable bonds is 13. The zero-order chi connectivity index (χ0) is 28.3. The summed E-state index contributed by atoms with van der Waals surface area (Å²) < 4.78 is 5.32. The van der Waals surface area contributed by atoms with Gasteiger partial charge >= 0.3 is 5.97 Å². The van der Waals surface area contributed by atoms with Crippen LogP contribution in [0.4, 0.5) is 0 Å². The highest BCUT2D eigenvalue weighted by Gasteiger charge is 2.32. The molecule has 1 atom stereocenters. The summed E-state index contributed by atoms with van der Waals surface area (Å²) in [7, 11) is 0. The molecule has 3 aliphatic carbocycles. The third-order valence-electron chi connectivity index (χ3n) is 11.0. The van der Waals surface area contributed by atoms with Crippen LogP contribution in [-0.2, 0) is 9.53 Å². The molecule has 3 saturated carbocycles. The minimum Gasteiger partial charge on any atom is -0.462 e. The van der Waals surface area contributed by atoms with Gasteiger partial charge in [-0.05, 0) is 124 Å². The second kappa shape index (κ2) is 16.1. The molecule has 0 bridgehead atoms. The number of hydrogen-bond acceptors (Lipinski definition) is 3. The molecule has 0 saturated heterocycles. The van der Waals surface area contributed by atoms with Crippen LogP contribution in [0.3, 0.4) is 0 Å². The SMILES string of the molecule is C=C(C)C(=O)OCC(CO)CC1CCC(C2CCC(c3ccc(C4CCC(CCCCC)CC4)cc3)CC2)CC1. The molecule has 3 fully saturated rings. The smallest absolute Gasteiger partial charge is 0.333 e. The third-order valence-corrected chi connectivity index (χ3v) is 11.0. The van der Waals surface area contributed by atoms with E-state index in [2.05, 4.69) is 37.8 Å². The molecule has 1 aromatic rings. The highest BCUT2D eigenvalue weighted by molar-refractivity contribution is 5.86. The van der Waals surface area contributed by atoms with E-state index in [-0.39, 0.29) is 18.5 Å². The quantitative estimate of drug-likeness (QED) is 0.151. The maximum Gasteiger partial charge on any atom is 0.333 e. The van der Waals surface area contributed by atoms with Crippen molar-refractivity contribution in [1.29, 1.82) is 0 Å². The standard InChI is InChI=1S/C37H58O3/c1-4-5-6-7-28-8-12-31(13-9-28)33-16-20-35(21-17-33)36-22-18-34(19-23-36)32-14-10-29(11-15-32)24-30(25-38)26-40-37(39)27(2)3/h16-17,20-21,28-32,34,36,38H,2,4-15,18-19,22-26H2,1,3H3. The summed E-state index contributed by atoms with van der Waals surface area (Å²) in [6, 6.07) is 9.90. The minimum atomic E-state index is -0.343. The van der Waals surface area contributed by atoms with Crippen LogP contribution in [0.25, 0.3) is 0 Å². The lowest BCUT2D eigenvalue weighted by Crippen LogP contribution is -2.27. The lowest BCUT2D eigenvalue weighted by molar-refractivity contribution is -0.140. The molecular formula is C37H58O3. The first kappa shape index (κ1) is 31.3. The number of esters is 1. The van der Waals surface area contributed by atoms with Crippen LogP contribution in [0.1, 0.15) is 146 Å². The lowest BCUT2D eigenvalue weighted by Gasteiger charge is -2.38. The lowest BCUT2D eigenvalue weighted by atomic mass is 9.67. The highest BCUT2D eigenvalue weighted by Crippen LogP contribution is 2.45. The normalized spacial score (nSPS) is 30.0. The first-order valence-corrected chi connectivity index (χ1v) is 17.0. The largest absolute Gasteiger partial charge is 0.462 e. The van der Waals surface area contributed by atoms with Crippen molar-refractivity contribution >= 4 is 5.97 Å². The van der Waals surface area contributed by atoms with Gasteiger partial charge in [-0.15, -0.1) is 0 Å². The van der Waals surface area contributed by atoms with E-state index in [1.807, 2.05) is 0 Å². The Morgan fingerprint density at radius 3 is 1.82 bits per heavy atom. The molecule has 0 radical (unpaired) electrons. The zero-order valence-electron chi connectivity index (χ0n) is 25.8. The van der Waals surface area contributed by atoms with E-state index >= 15 is 0 Å². The Hall–Kier alpha value is -1.61. The van der Waals surface area contributed by atoms with Crippen LogP contribution in [-0.4, -0.2) is 24.3 Å². The number of carbonyl (C=O) groups excluding carboxylic acids is 1. The molecule has 40 heavy (non-hydrogen) atoms. The Morgan fingerprint density at radius 1 is 0.825 bits per heavy atom. The summed E-state index contributed by atoms with van der Waals surface area (Å²) in [4.78, 5) is 11.7. The van der Waals surface area contributed by atoms with Gasteiger partial charge in [0.05, 0.1) is 6.61 Å². The first-order chi connectivity index (χ1) is 19.5. The number of benzene rings is 1. The summed E-state index contributed by atoms with van der Waals surface area (Å²) >= 11 is 0. The maximum atomic E-state index is 11.7. The number of aliphatic hydroxyl groups excluding tert-OH is 1. The van der Waals surface area contributed by atoms with Gasteiger partial charge in [-0.25, -0.2) is 4.79 Å². The van der Waals surface area contributed by atoms with Gasteiger partial charge in [0.1, 0.15) is 0 Å². The number of ether oxygens (including phenoxy) is 1. The van der Waals surface area contributed by atoms with Gasteiger partial charge in [0.15, 0.2) is 0 Å². The van der Waals surface area contributed by atoms with Crippen molar-refractivity contribution in [2.45, 2.75) is 135 Å². The molecule has 3 aliphatic rings. The van der Waals surface area contributed by atoms with Crippen LogP contribution in [0.2, 0.25) is 0 Å². The van der Waals surface area contributed by atoms with E-state index in [4.69, 9.17) is 4.74 Å². The molecule has 1 N–H and O–H groups in total. The van der Waals surface area contributed by atoms with E-state index in [1.54, 1.807) is 18.1 Å². The van der Waals surface area contributed by atoms with Crippen molar-refractivity contribution in [2.24, 2.45) is 29.6 Å². The summed E-state index contributed by atoms with van der Waals surface area (Å²) in [6.07, 6.45) is 23.0. The first-order valence-electron chi connectivity index (χ1n) is 17.0. The van der Waals surface area contributed by atoms with Crippen molar-refractivity contribution in [3.8, 4) is 0 Å². The van der Waals surface area contributed by atoms with Crippen LogP contribution in [0, 0.1) is 29.6 Å². The van der Waals surface area contributed by atoms with Gasteiger partial charge in [0.2, 0.25) is 0 Å². The van der Waals surface area contributed by atoms with Gasteiger partial charge < -0.3 is 9.84 Å². The van der Waals surface area contributed by atoms with Gasteiger partial charge in [0, 0.05) is 18.1 Å². The molecule has 224 valence electrons. The summed E-state index contributed by atoms with van der Waals surface area (Å²) in [5, 5.41) is 9.79. The zero-order valence-corrected chi connectivity index (χ0v) is 25.8. The monoisotopic (exact) mass is 550 g/mol. The van der Waals surface area contributed by atoms with Gasteiger partial charge in [-0.1, -0.05) is 76.3 Å². The van der Waals surface area contributed by atoms with E-state index in [0.29, 0.717) is 18.1 Å². The Labute approximate surface area is 245 Å². The Kier molecular flexibility index (Phi) is 12.6. The topological polar surface area (TPSA) is 46.5 Å². The van der Waals surface area contributed by atoms with Crippen LogP contribution in [0.5, 0.6) is 0 Å². The fraction of sp³-hybridized carbons (Fsp3) is 0.757. The maximum absolute atomic E-state index is 11.7. The van der Waals surface area contributed by atoms with Gasteiger partial charge in [-0.2, -0.15) is 0 Å². The summed E-state index contributed by atoms with van der Waals surface area (Å²) in [6.45, 7) is 8.03. The van der Waals surface area contributed by atoms with Gasteiger partial charge in [-0.3, -0.25) is 0 Å². The fourth-order valence-electron chi connectivity index (χ4n) is 8.31. The molecule has 0 amide bonds. The van der Waals surface area contributed by atoms with E-state index in [1.165, 1.54) is 103 Å². The molecule has 1 aromatic carbocycles. The average Bonchev–Trinajstić information content (AvgIpc) is 3.00. The molecule has 4 rings (SSSR count). The van der Waals surface area contributed by atoms with Gasteiger partial charge in [0.25, 0.3) is 0 Å². The molecule has 0 spiro atoms. The average molecular weight is 551 g/mol. The molecule has 0 aromatic heterocycles. The minimum absolute atomic E-state index is 0.0530. The Bertz CT molecular complexity index is 880. The Balaban J connectivity index is 1.15. The highest BCUT2D eigenvalue weighted by atomic mass is 16.5. The van der Waals surface area contributed by atoms with Crippen LogP contribution in [0.15, 0.2) is 36.4 Å². The van der Waals surface area contributed by atoms with Crippen molar-refractivity contribution in [3.05, 3.63) is 47.5 Å². The molecule has 1 unspecified atom stereocenters. The van der Waals surface area contributed by atoms with E-state index < -0.39 is 0 Å². The van der Waals surface area contributed by atoms with Crippen molar-refractivity contribution in [3.63, 3.8) is 0 Å². The molecule has 3 heteroatoms. The van der Waals surface area contributed by atoms with Crippen LogP contribution >= 0.6 is 0 Å². The second-order valence-electron chi connectivity index (χ2n) is 13.9. The van der Waals surface area contributed by atoms with Crippen molar-refractivity contribution in [2.75, 3.05) is 13.2 Å². The fourth-order valence-corrected chi connectivity index (χ4v) is 8.31. The number of hydrogen-bond donors (Lipinski definition) is 1.